The Morgan fingerprint density at radius 1 is 1.82 bits per heavy atom. The Morgan fingerprint density at radius 3 is 2.91 bits per heavy atom. The fraction of sp³-hybridized carbons (Fsp3) is 0.600. The molecule has 6 heteroatoms. The minimum atomic E-state index is -0.662. The number of rotatable bonds is 3. The highest BCUT2D eigenvalue weighted by Crippen LogP contribution is 2.00. The van der Waals surface area contributed by atoms with Crippen LogP contribution in [0.1, 0.15) is 11.9 Å². The lowest BCUT2D eigenvalue weighted by Crippen LogP contribution is -2.17. The minimum Gasteiger partial charge on any atom is -0.394 e. The van der Waals surface area contributed by atoms with Gasteiger partial charge >= 0.3 is 0 Å². The molecular formula is C5H8N4O2. The standard InChI is InChI=1S/C5H8N4O2/c1-4-6-7-8-9(4)5(2-10)3-11/h2,5,11H,3H2,1H3. The molecule has 1 aromatic rings. The summed E-state index contributed by atoms with van der Waals surface area (Å²) in [6.07, 6.45) is 0.601. The topological polar surface area (TPSA) is 80.9 Å². The summed E-state index contributed by atoms with van der Waals surface area (Å²) in [7, 11) is 0. The highest BCUT2D eigenvalue weighted by Gasteiger charge is 2.11. The van der Waals surface area contributed by atoms with E-state index in [1.807, 2.05) is 0 Å². The second-order valence-electron chi connectivity index (χ2n) is 2.06. The molecule has 0 aliphatic carbocycles. The normalized spacial score (nSPS) is 12.9. The van der Waals surface area contributed by atoms with Crippen LogP contribution in [0.2, 0.25) is 0 Å². The van der Waals surface area contributed by atoms with Crippen molar-refractivity contribution in [3.8, 4) is 0 Å². The molecule has 1 heterocycles. The van der Waals surface area contributed by atoms with E-state index < -0.39 is 6.04 Å². The Morgan fingerprint density at radius 2 is 2.55 bits per heavy atom. The van der Waals surface area contributed by atoms with Crippen LogP contribution in [-0.2, 0) is 4.79 Å². The maximum Gasteiger partial charge on any atom is 0.149 e. The van der Waals surface area contributed by atoms with Gasteiger partial charge in [0.1, 0.15) is 18.2 Å². The maximum atomic E-state index is 10.3. The Bertz CT molecular complexity index is 246. The van der Waals surface area contributed by atoms with Crippen molar-refractivity contribution in [3.05, 3.63) is 5.82 Å². The summed E-state index contributed by atoms with van der Waals surface area (Å²) in [5.74, 6) is 0.510. The van der Waals surface area contributed by atoms with Crippen molar-refractivity contribution < 1.29 is 9.90 Å². The van der Waals surface area contributed by atoms with Crippen LogP contribution in [-0.4, -0.2) is 38.2 Å². The molecular weight excluding hydrogens is 148 g/mol. The molecule has 0 saturated heterocycles. The molecule has 60 valence electrons. The number of hydrogen-bond acceptors (Lipinski definition) is 5. The molecule has 0 saturated carbocycles. The number of nitrogens with zero attached hydrogens (tertiary/aromatic N) is 4. The fourth-order valence-corrected chi connectivity index (χ4v) is 0.723. The van der Waals surface area contributed by atoms with Gasteiger partial charge in [0, 0.05) is 0 Å². The van der Waals surface area contributed by atoms with Crippen LogP contribution in [0.25, 0.3) is 0 Å². The number of tetrazole rings is 1. The zero-order chi connectivity index (χ0) is 8.27. The van der Waals surface area contributed by atoms with Crippen LogP contribution in [0.5, 0.6) is 0 Å². The molecule has 0 aliphatic rings. The van der Waals surface area contributed by atoms with E-state index in [9.17, 15) is 4.79 Å². The largest absolute Gasteiger partial charge is 0.394 e. The van der Waals surface area contributed by atoms with E-state index in [0.717, 1.165) is 0 Å². The van der Waals surface area contributed by atoms with E-state index >= 15 is 0 Å². The van der Waals surface area contributed by atoms with Gasteiger partial charge < -0.3 is 9.90 Å². The quantitative estimate of drug-likeness (QED) is 0.551. The summed E-state index contributed by atoms with van der Waals surface area (Å²) in [5.41, 5.74) is 0. The first-order chi connectivity index (χ1) is 5.29. The molecule has 0 amide bonds. The van der Waals surface area contributed by atoms with Gasteiger partial charge in [0.25, 0.3) is 0 Å². The van der Waals surface area contributed by atoms with Gasteiger partial charge in [0.2, 0.25) is 0 Å². The first-order valence-corrected chi connectivity index (χ1v) is 3.10. The zero-order valence-corrected chi connectivity index (χ0v) is 6.01. The first-order valence-electron chi connectivity index (χ1n) is 3.10. The van der Waals surface area contributed by atoms with E-state index in [0.29, 0.717) is 12.1 Å². The molecule has 1 unspecified atom stereocenters. The van der Waals surface area contributed by atoms with Crippen molar-refractivity contribution in [1.29, 1.82) is 0 Å². The van der Waals surface area contributed by atoms with Gasteiger partial charge in [0.05, 0.1) is 6.61 Å². The van der Waals surface area contributed by atoms with Crippen LogP contribution >= 0.6 is 0 Å². The lowest BCUT2D eigenvalue weighted by atomic mass is 10.3. The summed E-state index contributed by atoms with van der Waals surface area (Å²) in [4.78, 5) is 10.3. The molecule has 1 N–H and O–H groups in total. The number of aromatic nitrogens is 4. The lowest BCUT2D eigenvalue weighted by Gasteiger charge is -2.05. The first kappa shape index (κ1) is 7.80. The van der Waals surface area contributed by atoms with E-state index in [2.05, 4.69) is 15.5 Å². The third kappa shape index (κ3) is 1.40. The van der Waals surface area contributed by atoms with Crippen LogP contribution in [0.15, 0.2) is 0 Å². The van der Waals surface area contributed by atoms with E-state index in [1.165, 1.54) is 4.68 Å². The fourth-order valence-electron chi connectivity index (χ4n) is 0.723. The summed E-state index contributed by atoms with van der Waals surface area (Å²) < 4.78 is 1.27. The van der Waals surface area contributed by atoms with E-state index in [1.54, 1.807) is 6.92 Å². The highest BCUT2D eigenvalue weighted by molar-refractivity contribution is 5.55. The number of aryl methyl sites for hydroxylation is 1. The minimum absolute atomic E-state index is 0.282. The number of carbonyl (C=O) groups is 1. The summed E-state index contributed by atoms with van der Waals surface area (Å²) in [6, 6.07) is -0.662. The van der Waals surface area contributed by atoms with Gasteiger partial charge in [-0.15, -0.1) is 5.10 Å². The Labute approximate surface area is 62.8 Å². The number of hydrogen-bond donors (Lipinski definition) is 1. The summed E-state index contributed by atoms with van der Waals surface area (Å²) in [6.45, 7) is 1.38. The maximum absolute atomic E-state index is 10.3. The second kappa shape index (κ2) is 3.20. The average molecular weight is 156 g/mol. The predicted molar refractivity (Wildman–Crippen MR) is 34.7 cm³/mol. The smallest absolute Gasteiger partial charge is 0.149 e. The Kier molecular flexibility index (Phi) is 2.27. The van der Waals surface area contributed by atoms with Crippen LogP contribution in [0.3, 0.4) is 0 Å². The molecule has 6 nitrogen and oxygen atoms in total. The summed E-state index contributed by atoms with van der Waals surface area (Å²) in [5, 5.41) is 19.1. The van der Waals surface area contributed by atoms with Gasteiger partial charge in [-0.25, -0.2) is 4.68 Å². The molecule has 0 spiro atoms. The number of aliphatic hydroxyl groups excluding tert-OH is 1. The van der Waals surface area contributed by atoms with Crippen molar-refractivity contribution in [3.63, 3.8) is 0 Å². The molecule has 0 bridgehead atoms. The van der Waals surface area contributed by atoms with Crippen LogP contribution in [0.4, 0.5) is 0 Å². The summed E-state index contributed by atoms with van der Waals surface area (Å²) >= 11 is 0. The van der Waals surface area contributed by atoms with Gasteiger partial charge in [-0.2, -0.15) is 0 Å². The van der Waals surface area contributed by atoms with Crippen molar-refractivity contribution in [2.75, 3.05) is 6.61 Å². The number of aliphatic hydroxyl groups is 1. The highest BCUT2D eigenvalue weighted by atomic mass is 16.3. The van der Waals surface area contributed by atoms with Crippen molar-refractivity contribution in [1.82, 2.24) is 20.2 Å². The molecule has 0 radical (unpaired) electrons. The molecule has 0 fully saturated rings. The third-order valence-electron chi connectivity index (χ3n) is 1.32. The van der Waals surface area contributed by atoms with Crippen LogP contribution in [0, 0.1) is 6.92 Å². The molecule has 1 atom stereocenters. The van der Waals surface area contributed by atoms with Gasteiger partial charge in [-0.05, 0) is 17.4 Å². The molecule has 11 heavy (non-hydrogen) atoms. The average Bonchev–Trinajstić information content (AvgIpc) is 2.40. The number of carbonyl (C=O) groups excluding carboxylic acids is 1. The molecule has 1 rings (SSSR count). The van der Waals surface area contributed by atoms with Crippen LogP contribution < -0.4 is 0 Å². The molecule has 0 aromatic carbocycles. The lowest BCUT2D eigenvalue weighted by molar-refractivity contribution is -0.111. The predicted octanol–water partition coefficient (Wildman–Crippen LogP) is -1.29. The molecule has 1 aromatic heterocycles. The second-order valence-corrected chi connectivity index (χ2v) is 2.06. The monoisotopic (exact) mass is 156 g/mol. The Balaban J connectivity index is 2.89. The van der Waals surface area contributed by atoms with E-state index in [-0.39, 0.29) is 6.61 Å². The van der Waals surface area contributed by atoms with Gasteiger partial charge in [-0.3, -0.25) is 0 Å². The third-order valence-corrected chi connectivity index (χ3v) is 1.32. The van der Waals surface area contributed by atoms with Gasteiger partial charge in [0.15, 0.2) is 0 Å². The van der Waals surface area contributed by atoms with Crippen molar-refractivity contribution >= 4 is 6.29 Å². The van der Waals surface area contributed by atoms with Crippen molar-refractivity contribution in [2.45, 2.75) is 13.0 Å². The zero-order valence-electron chi connectivity index (χ0n) is 6.01. The number of aldehydes is 1. The Hall–Kier alpha value is -1.30. The molecule has 0 aliphatic heterocycles. The SMILES string of the molecule is Cc1nnnn1C(C=O)CO. The van der Waals surface area contributed by atoms with Crippen molar-refractivity contribution in [2.24, 2.45) is 0 Å². The van der Waals surface area contributed by atoms with E-state index in [4.69, 9.17) is 5.11 Å². The van der Waals surface area contributed by atoms with Gasteiger partial charge in [-0.1, -0.05) is 0 Å².